The Hall–Kier alpha value is -1.70. The number of rotatable bonds is 3. The molecule has 1 saturated heterocycles. The summed E-state index contributed by atoms with van der Waals surface area (Å²) >= 11 is 3.26. The Morgan fingerprint density at radius 2 is 2.37 bits per heavy atom. The van der Waals surface area contributed by atoms with Crippen LogP contribution in [-0.4, -0.2) is 35.6 Å². The zero-order valence-electron chi connectivity index (χ0n) is 10.2. The summed E-state index contributed by atoms with van der Waals surface area (Å²) in [4.78, 5) is 27.8. The minimum Gasteiger partial charge on any atom is -0.467 e. The quantitative estimate of drug-likeness (QED) is 0.478. The summed E-state index contributed by atoms with van der Waals surface area (Å²) in [5.74, 6) is -0.379. The first-order valence-corrected chi connectivity index (χ1v) is 6.48. The lowest BCUT2D eigenvalue weighted by Gasteiger charge is -2.25. The number of hydrogen-bond acceptors (Lipinski definition) is 6. The molecule has 8 heteroatoms. The fraction of sp³-hybridized carbons (Fsp3) is 0.455. The van der Waals surface area contributed by atoms with Crippen molar-refractivity contribution < 1.29 is 14.5 Å². The van der Waals surface area contributed by atoms with E-state index in [0.29, 0.717) is 23.1 Å². The summed E-state index contributed by atoms with van der Waals surface area (Å²) in [5, 5.41) is 11.1. The number of carbonyl (C=O) groups excluding carboxylic acids is 1. The molecule has 0 spiro atoms. The van der Waals surface area contributed by atoms with E-state index in [1.54, 1.807) is 4.90 Å². The van der Waals surface area contributed by atoms with Crippen LogP contribution in [-0.2, 0) is 9.53 Å². The van der Waals surface area contributed by atoms with Crippen molar-refractivity contribution in [2.75, 3.05) is 18.6 Å². The van der Waals surface area contributed by atoms with E-state index >= 15 is 0 Å². The van der Waals surface area contributed by atoms with E-state index in [0.717, 1.165) is 6.42 Å². The number of aromatic nitrogens is 1. The van der Waals surface area contributed by atoms with Crippen molar-refractivity contribution in [3.8, 4) is 0 Å². The van der Waals surface area contributed by atoms with Gasteiger partial charge in [0.15, 0.2) is 0 Å². The third kappa shape index (κ3) is 2.53. The zero-order chi connectivity index (χ0) is 14.0. The van der Waals surface area contributed by atoms with Gasteiger partial charge in [-0.3, -0.25) is 15.1 Å². The van der Waals surface area contributed by atoms with E-state index in [4.69, 9.17) is 4.74 Å². The number of esters is 1. The van der Waals surface area contributed by atoms with E-state index in [9.17, 15) is 14.9 Å². The second-order valence-electron chi connectivity index (χ2n) is 4.12. The summed E-state index contributed by atoms with van der Waals surface area (Å²) in [6.07, 6.45) is 4.08. The van der Waals surface area contributed by atoms with Crippen LogP contribution >= 0.6 is 15.9 Å². The monoisotopic (exact) mass is 329 g/mol. The fourth-order valence-electron chi connectivity index (χ4n) is 2.25. The predicted molar refractivity (Wildman–Crippen MR) is 71.0 cm³/mol. The number of halogens is 1. The standard InChI is InChI=1S/C11H12BrN3O4/c1-19-11(16)8-3-2-4-14(8)10-7(12)5-13-6-9(10)15(17)18/h5-6,8H,2-4H2,1H3. The highest BCUT2D eigenvalue weighted by Crippen LogP contribution is 2.38. The summed E-state index contributed by atoms with van der Waals surface area (Å²) in [5.41, 5.74) is 0.262. The molecule has 19 heavy (non-hydrogen) atoms. The smallest absolute Gasteiger partial charge is 0.328 e. The van der Waals surface area contributed by atoms with E-state index in [-0.39, 0.29) is 11.7 Å². The van der Waals surface area contributed by atoms with Crippen LogP contribution in [0.25, 0.3) is 0 Å². The molecule has 1 fully saturated rings. The van der Waals surface area contributed by atoms with Crippen molar-refractivity contribution in [2.24, 2.45) is 0 Å². The Labute approximate surface area is 117 Å². The molecule has 2 heterocycles. The maximum Gasteiger partial charge on any atom is 0.328 e. The highest BCUT2D eigenvalue weighted by atomic mass is 79.9. The van der Waals surface area contributed by atoms with Gasteiger partial charge in [-0.05, 0) is 28.8 Å². The van der Waals surface area contributed by atoms with Gasteiger partial charge in [0.1, 0.15) is 17.9 Å². The molecular formula is C11H12BrN3O4. The largest absolute Gasteiger partial charge is 0.467 e. The molecule has 0 bridgehead atoms. The van der Waals surface area contributed by atoms with Gasteiger partial charge in [-0.25, -0.2) is 4.79 Å². The van der Waals surface area contributed by atoms with Crippen LogP contribution in [0.1, 0.15) is 12.8 Å². The molecule has 7 nitrogen and oxygen atoms in total. The maximum absolute atomic E-state index is 11.7. The van der Waals surface area contributed by atoms with Crippen molar-refractivity contribution >= 4 is 33.3 Å². The zero-order valence-corrected chi connectivity index (χ0v) is 11.8. The molecule has 2 rings (SSSR count). The van der Waals surface area contributed by atoms with Gasteiger partial charge in [0.25, 0.3) is 0 Å². The van der Waals surface area contributed by atoms with Crippen molar-refractivity contribution in [3.05, 3.63) is 27.0 Å². The third-order valence-corrected chi connectivity index (χ3v) is 3.64. The van der Waals surface area contributed by atoms with Crippen molar-refractivity contribution in [1.29, 1.82) is 0 Å². The Morgan fingerprint density at radius 1 is 1.63 bits per heavy atom. The summed E-state index contributed by atoms with van der Waals surface area (Å²) in [7, 11) is 1.31. The number of ether oxygens (including phenoxy) is 1. The van der Waals surface area contributed by atoms with Gasteiger partial charge >= 0.3 is 11.7 Å². The third-order valence-electron chi connectivity index (χ3n) is 3.06. The van der Waals surface area contributed by atoms with Crippen LogP contribution in [0.5, 0.6) is 0 Å². The number of anilines is 1. The Kier molecular flexibility index (Phi) is 3.98. The van der Waals surface area contributed by atoms with Gasteiger partial charge in [0.2, 0.25) is 0 Å². The maximum atomic E-state index is 11.7. The minimum atomic E-state index is -0.500. The van der Waals surface area contributed by atoms with Crippen LogP contribution < -0.4 is 4.90 Å². The van der Waals surface area contributed by atoms with Gasteiger partial charge in [-0.15, -0.1) is 0 Å². The van der Waals surface area contributed by atoms with E-state index in [1.807, 2.05) is 0 Å². The van der Waals surface area contributed by atoms with E-state index in [1.165, 1.54) is 19.5 Å². The second kappa shape index (κ2) is 5.52. The molecule has 1 unspecified atom stereocenters. The van der Waals surface area contributed by atoms with Gasteiger partial charge in [-0.2, -0.15) is 0 Å². The summed E-state index contributed by atoms with van der Waals surface area (Å²) in [6.45, 7) is 0.573. The van der Waals surface area contributed by atoms with Crippen molar-refractivity contribution in [1.82, 2.24) is 4.98 Å². The molecule has 1 aliphatic rings. The van der Waals surface area contributed by atoms with Crippen LogP contribution in [0.2, 0.25) is 0 Å². The molecule has 0 aliphatic carbocycles. The highest BCUT2D eigenvalue weighted by molar-refractivity contribution is 9.10. The number of hydrogen-bond donors (Lipinski definition) is 0. The average Bonchev–Trinajstić information content (AvgIpc) is 2.86. The molecule has 0 aromatic carbocycles. The molecule has 0 amide bonds. The number of pyridine rings is 1. The summed E-state index contributed by atoms with van der Waals surface area (Å²) in [6, 6.07) is -0.484. The Bertz CT molecular complexity index is 523. The molecule has 102 valence electrons. The molecule has 0 N–H and O–H groups in total. The van der Waals surface area contributed by atoms with Crippen LogP contribution in [0, 0.1) is 10.1 Å². The first kappa shape index (κ1) is 13.7. The van der Waals surface area contributed by atoms with Gasteiger partial charge in [0.05, 0.1) is 16.5 Å². The Balaban J connectivity index is 2.46. The topological polar surface area (TPSA) is 85.6 Å². The number of nitrogens with zero attached hydrogens (tertiary/aromatic N) is 3. The van der Waals surface area contributed by atoms with Gasteiger partial charge < -0.3 is 9.64 Å². The summed E-state index contributed by atoms with van der Waals surface area (Å²) < 4.78 is 5.24. The molecule has 1 aromatic rings. The van der Waals surface area contributed by atoms with Crippen LogP contribution in [0.15, 0.2) is 16.9 Å². The molecular weight excluding hydrogens is 318 g/mol. The van der Waals surface area contributed by atoms with E-state index < -0.39 is 11.0 Å². The molecule has 1 aromatic heterocycles. The molecule has 0 radical (unpaired) electrons. The molecule has 1 aliphatic heterocycles. The number of nitro groups is 1. The van der Waals surface area contributed by atoms with Crippen LogP contribution in [0.4, 0.5) is 11.4 Å². The number of carbonyl (C=O) groups is 1. The van der Waals surface area contributed by atoms with Crippen LogP contribution in [0.3, 0.4) is 0 Å². The van der Waals surface area contributed by atoms with E-state index in [2.05, 4.69) is 20.9 Å². The lowest BCUT2D eigenvalue weighted by atomic mass is 10.2. The predicted octanol–water partition coefficient (Wildman–Crippen LogP) is 1.89. The lowest BCUT2D eigenvalue weighted by molar-refractivity contribution is -0.384. The minimum absolute atomic E-state index is 0.120. The highest BCUT2D eigenvalue weighted by Gasteiger charge is 2.36. The second-order valence-corrected chi connectivity index (χ2v) is 4.98. The fourth-order valence-corrected chi connectivity index (χ4v) is 2.80. The molecule has 0 saturated carbocycles. The normalized spacial score (nSPS) is 18.4. The van der Waals surface area contributed by atoms with Gasteiger partial charge in [-0.1, -0.05) is 0 Å². The lowest BCUT2D eigenvalue weighted by Crippen LogP contribution is -2.37. The Morgan fingerprint density at radius 3 is 3.00 bits per heavy atom. The number of methoxy groups -OCH3 is 1. The van der Waals surface area contributed by atoms with Crippen molar-refractivity contribution in [3.63, 3.8) is 0 Å². The molecule has 1 atom stereocenters. The first-order chi connectivity index (χ1) is 9.06. The van der Waals surface area contributed by atoms with Crippen molar-refractivity contribution in [2.45, 2.75) is 18.9 Å². The first-order valence-electron chi connectivity index (χ1n) is 5.68. The SMILES string of the molecule is COC(=O)C1CCCN1c1c(Br)cncc1[N+](=O)[O-]. The van der Waals surface area contributed by atoms with Gasteiger partial charge in [0, 0.05) is 12.7 Å². The average molecular weight is 330 g/mol.